The lowest BCUT2D eigenvalue weighted by atomic mass is 9.97. The number of fused-ring (bicyclic) bond motifs is 1. The molecule has 1 aliphatic rings. The Bertz CT molecular complexity index is 560. The van der Waals surface area contributed by atoms with E-state index in [-0.39, 0.29) is 17.8 Å². The summed E-state index contributed by atoms with van der Waals surface area (Å²) in [5.74, 6) is -5.56. The van der Waals surface area contributed by atoms with Gasteiger partial charge in [-0.15, -0.1) is 0 Å². The number of anilines is 1. The Labute approximate surface area is 112 Å². The molecule has 0 unspecified atom stereocenters. The Balaban J connectivity index is 2.70. The van der Waals surface area contributed by atoms with Crippen molar-refractivity contribution in [1.82, 2.24) is 0 Å². The molecule has 0 aromatic heterocycles. The van der Waals surface area contributed by atoms with Crippen molar-refractivity contribution in [3.05, 3.63) is 35.7 Å². The van der Waals surface area contributed by atoms with E-state index in [1.807, 2.05) is 0 Å². The number of thiol groups is 1. The average molecular weight is 289 g/mol. The first-order chi connectivity index (χ1) is 8.81. The second kappa shape index (κ2) is 4.80. The number of hydrogen-bond acceptors (Lipinski definition) is 3. The van der Waals surface area contributed by atoms with Crippen molar-refractivity contribution < 1.29 is 23.1 Å². The number of carboxylic acids is 1. The summed E-state index contributed by atoms with van der Waals surface area (Å²) in [6, 6.07) is 3.31. The van der Waals surface area contributed by atoms with Crippen molar-refractivity contribution >= 4 is 30.0 Å². The lowest BCUT2D eigenvalue weighted by Gasteiger charge is -2.17. The maximum absolute atomic E-state index is 14.0. The summed E-state index contributed by atoms with van der Waals surface area (Å²) >= 11 is 4.06. The van der Waals surface area contributed by atoms with Gasteiger partial charge in [0.05, 0.1) is 5.69 Å². The molecule has 1 aromatic carbocycles. The highest BCUT2D eigenvalue weighted by atomic mass is 32.1. The van der Waals surface area contributed by atoms with Crippen LogP contribution in [0.2, 0.25) is 0 Å². The van der Waals surface area contributed by atoms with E-state index in [1.165, 1.54) is 10.4 Å². The monoisotopic (exact) mass is 289 g/mol. The smallest absolute Gasteiger partial charge is 0.328 e. The van der Waals surface area contributed by atoms with E-state index in [2.05, 4.69) is 12.8 Å². The number of allylic oxidation sites excluding steroid dienone is 1. The van der Waals surface area contributed by atoms with Crippen molar-refractivity contribution in [2.75, 3.05) is 10.8 Å². The number of aliphatic carboxylic acids is 1. The Morgan fingerprint density at radius 1 is 1.47 bits per heavy atom. The van der Waals surface area contributed by atoms with Gasteiger partial charge in [-0.1, -0.05) is 12.8 Å². The van der Waals surface area contributed by atoms with E-state index >= 15 is 0 Å². The normalized spacial score (nSPS) is 20.0. The number of nitrogens with zero attached hydrogens (tertiary/aromatic N) is 1. The highest BCUT2D eigenvalue weighted by Crippen LogP contribution is 2.43. The van der Waals surface area contributed by atoms with E-state index in [1.54, 1.807) is 0 Å². The van der Waals surface area contributed by atoms with Crippen molar-refractivity contribution in [3.63, 3.8) is 0 Å². The molecule has 0 fully saturated rings. The first kappa shape index (κ1) is 13.8. The lowest BCUT2D eigenvalue weighted by molar-refractivity contribution is -0.131. The van der Waals surface area contributed by atoms with Crippen molar-refractivity contribution in [3.8, 4) is 0 Å². The van der Waals surface area contributed by atoms with Crippen LogP contribution in [-0.4, -0.2) is 23.5 Å². The number of benzene rings is 1. The molecule has 0 radical (unpaired) electrons. The van der Waals surface area contributed by atoms with Crippen LogP contribution in [0.15, 0.2) is 24.3 Å². The molecule has 0 saturated heterocycles. The van der Waals surface area contributed by atoms with Gasteiger partial charge in [0.2, 0.25) is 0 Å². The largest absolute Gasteiger partial charge is 0.478 e. The molecule has 0 amide bonds. The van der Waals surface area contributed by atoms with Crippen LogP contribution >= 0.6 is 12.8 Å². The van der Waals surface area contributed by atoms with Crippen molar-refractivity contribution in [2.24, 2.45) is 0 Å². The number of alkyl halides is 2. The minimum atomic E-state index is -3.35. The molecule has 102 valence electrons. The maximum atomic E-state index is 14.0. The van der Waals surface area contributed by atoms with Gasteiger partial charge in [0.1, 0.15) is 5.82 Å². The fraction of sp³-hybridized carbons (Fsp3) is 0.250. The molecule has 19 heavy (non-hydrogen) atoms. The molecule has 7 heteroatoms. The molecule has 2 rings (SSSR count). The second-order valence-corrected chi connectivity index (χ2v) is 4.62. The number of rotatable bonds is 1. The first-order valence-corrected chi connectivity index (χ1v) is 5.80. The Kier molecular flexibility index (Phi) is 3.49. The van der Waals surface area contributed by atoms with Gasteiger partial charge in [-0.2, -0.15) is 0 Å². The number of carboxylic acid groups (broad SMARTS) is 1. The second-order valence-electron chi connectivity index (χ2n) is 4.14. The van der Waals surface area contributed by atoms with Crippen LogP contribution in [0.5, 0.6) is 0 Å². The van der Waals surface area contributed by atoms with Crippen LogP contribution in [-0.2, 0) is 4.79 Å². The summed E-state index contributed by atoms with van der Waals surface area (Å²) in [6.07, 6.45) is -0.170. The van der Waals surface area contributed by atoms with Crippen LogP contribution in [0.1, 0.15) is 12.0 Å². The van der Waals surface area contributed by atoms with Crippen molar-refractivity contribution in [1.29, 1.82) is 0 Å². The van der Waals surface area contributed by atoms with Crippen LogP contribution < -0.4 is 4.31 Å². The van der Waals surface area contributed by atoms with Gasteiger partial charge in [-0.3, -0.25) is 0 Å². The highest BCUT2D eigenvalue weighted by molar-refractivity contribution is 7.81. The third kappa shape index (κ3) is 2.70. The Hall–Kier alpha value is -1.63. The predicted molar refractivity (Wildman–Crippen MR) is 67.9 cm³/mol. The van der Waals surface area contributed by atoms with Crippen LogP contribution in [0.4, 0.5) is 18.9 Å². The Morgan fingerprint density at radius 2 is 2.16 bits per heavy atom. The minimum absolute atomic E-state index is 0.0777. The molecule has 1 aliphatic heterocycles. The fourth-order valence-electron chi connectivity index (χ4n) is 1.95. The first-order valence-electron chi connectivity index (χ1n) is 5.40. The maximum Gasteiger partial charge on any atom is 0.328 e. The van der Waals surface area contributed by atoms with E-state index in [9.17, 15) is 18.0 Å². The van der Waals surface area contributed by atoms with Gasteiger partial charge in [-0.25, -0.2) is 18.0 Å². The van der Waals surface area contributed by atoms with Crippen LogP contribution in [0.3, 0.4) is 0 Å². The SMILES string of the molecule is O=C(O)/C=C1/c2cc(F)ccc2N(S)CCC1(F)F. The van der Waals surface area contributed by atoms with Gasteiger partial charge >= 0.3 is 5.97 Å². The van der Waals surface area contributed by atoms with Crippen LogP contribution in [0.25, 0.3) is 5.57 Å². The van der Waals surface area contributed by atoms with Gasteiger partial charge in [-0.05, 0) is 18.2 Å². The third-order valence-corrected chi connectivity index (χ3v) is 3.24. The summed E-state index contributed by atoms with van der Waals surface area (Å²) in [5.41, 5.74) is -0.597. The van der Waals surface area contributed by atoms with Crippen LogP contribution in [0, 0.1) is 5.82 Å². The van der Waals surface area contributed by atoms with Crippen molar-refractivity contribution in [2.45, 2.75) is 12.3 Å². The highest BCUT2D eigenvalue weighted by Gasteiger charge is 2.39. The molecule has 0 aliphatic carbocycles. The summed E-state index contributed by atoms with van der Waals surface area (Å²) in [5, 5.41) is 8.71. The Morgan fingerprint density at radius 3 is 2.79 bits per heavy atom. The van der Waals surface area contributed by atoms with Gasteiger partial charge in [0.15, 0.2) is 0 Å². The summed E-state index contributed by atoms with van der Waals surface area (Å²) in [7, 11) is 0. The lowest BCUT2D eigenvalue weighted by Crippen LogP contribution is -2.21. The topological polar surface area (TPSA) is 40.5 Å². The average Bonchev–Trinajstić information content (AvgIpc) is 2.40. The summed E-state index contributed by atoms with van der Waals surface area (Å²) in [4.78, 5) is 10.7. The minimum Gasteiger partial charge on any atom is -0.478 e. The molecule has 0 spiro atoms. The molecule has 0 bridgehead atoms. The molecule has 1 N–H and O–H groups in total. The molecule has 3 nitrogen and oxygen atoms in total. The summed E-state index contributed by atoms with van der Waals surface area (Å²) < 4.78 is 42.4. The quantitative estimate of drug-likeness (QED) is 0.617. The zero-order valence-electron chi connectivity index (χ0n) is 9.61. The molecule has 0 atom stereocenters. The van der Waals surface area contributed by atoms with E-state index in [0.29, 0.717) is 6.08 Å². The molecule has 0 saturated carbocycles. The fourth-order valence-corrected chi connectivity index (χ4v) is 2.23. The summed E-state index contributed by atoms with van der Waals surface area (Å²) in [6.45, 7) is -0.0777. The molecular formula is C12H10F3NO2S. The number of carbonyl (C=O) groups is 1. The zero-order valence-corrected chi connectivity index (χ0v) is 10.5. The molecule has 1 heterocycles. The third-order valence-electron chi connectivity index (χ3n) is 2.83. The molecular weight excluding hydrogens is 279 g/mol. The number of hydrogen-bond donors (Lipinski definition) is 2. The van der Waals surface area contributed by atoms with E-state index in [0.717, 1.165) is 12.1 Å². The molecule has 1 aromatic rings. The van der Waals surface area contributed by atoms with E-state index in [4.69, 9.17) is 5.11 Å². The number of halogens is 3. The zero-order chi connectivity index (χ0) is 14.2. The van der Waals surface area contributed by atoms with Gasteiger partial charge < -0.3 is 9.41 Å². The predicted octanol–water partition coefficient (Wildman–Crippen LogP) is 2.98. The van der Waals surface area contributed by atoms with Gasteiger partial charge in [0.25, 0.3) is 5.92 Å². The van der Waals surface area contributed by atoms with Gasteiger partial charge in [0, 0.05) is 30.2 Å². The standard InChI is InChI=1S/C12H10F3NO2S/c13-7-1-2-10-8(5-7)9(6-11(17)18)12(14,15)3-4-16(10)19/h1-2,5-6,19H,3-4H2,(H,17,18)/b9-6-. The van der Waals surface area contributed by atoms with E-state index < -0.39 is 29.7 Å².